The Hall–Kier alpha value is -1.67. The second kappa shape index (κ2) is 8.60. The van der Waals surface area contributed by atoms with Gasteiger partial charge >= 0.3 is 0 Å². The first-order valence-electron chi connectivity index (χ1n) is 9.86. The summed E-state index contributed by atoms with van der Waals surface area (Å²) >= 11 is 3.26. The van der Waals surface area contributed by atoms with Crippen molar-refractivity contribution < 1.29 is 14.4 Å². The maximum absolute atomic E-state index is 13.4. The van der Waals surface area contributed by atoms with Crippen molar-refractivity contribution in [2.45, 2.75) is 62.4 Å². The summed E-state index contributed by atoms with van der Waals surface area (Å²) in [4.78, 5) is 40.7. The summed E-state index contributed by atoms with van der Waals surface area (Å²) in [5.74, 6) is 0.196. The van der Waals surface area contributed by atoms with E-state index in [0.29, 0.717) is 12.0 Å². The SMILES string of the molecule is CSCC[C@H](NC(=O)[C@H]1N2C(=O)c3ccccc3[C@H]2SC1(C)C)C(=O)NC(C)C. The van der Waals surface area contributed by atoms with Crippen LogP contribution in [0.5, 0.6) is 0 Å². The molecular formula is C21H29N3O3S2. The number of amides is 3. The summed E-state index contributed by atoms with van der Waals surface area (Å²) in [6, 6.07) is 6.28. The van der Waals surface area contributed by atoms with Crippen LogP contribution in [0.3, 0.4) is 0 Å². The quantitative estimate of drug-likeness (QED) is 0.689. The summed E-state index contributed by atoms with van der Waals surface area (Å²) < 4.78 is -0.462. The van der Waals surface area contributed by atoms with Gasteiger partial charge in [0.2, 0.25) is 11.8 Å². The fourth-order valence-electron chi connectivity index (χ4n) is 3.94. The summed E-state index contributed by atoms with van der Waals surface area (Å²) in [6.45, 7) is 7.77. The Bertz CT molecular complexity index is 812. The number of rotatable bonds is 7. The average molecular weight is 436 g/mol. The number of nitrogens with one attached hydrogen (secondary N) is 2. The van der Waals surface area contributed by atoms with Crippen molar-refractivity contribution in [3.63, 3.8) is 0 Å². The first-order valence-corrected chi connectivity index (χ1v) is 12.1. The molecule has 2 aliphatic rings. The normalized spacial score (nSPS) is 23.0. The van der Waals surface area contributed by atoms with Gasteiger partial charge in [-0.15, -0.1) is 11.8 Å². The maximum atomic E-state index is 13.4. The van der Waals surface area contributed by atoms with Gasteiger partial charge in [-0.25, -0.2) is 0 Å². The molecule has 0 aliphatic carbocycles. The second-order valence-corrected chi connectivity index (χ2v) is 11.0. The molecular weight excluding hydrogens is 406 g/mol. The molecule has 158 valence electrons. The smallest absolute Gasteiger partial charge is 0.256 e. The molecule has 0 bridgehead atoms. The molecule has 0 radical (unpaired) electrons. The standard InChI is InChI=1S/C21H29N3O3S2/c1-12(2)22-17(25)15(10-11-28-5)23-18(26)16-21(3,4)29-20-14-9-7-6-8-13(14)19(27)24(16)20/h6-9,12,15-16,20H,10-11H2,1-5H3,(H,22,25)(H,23,26)/t15-,16+,20+/m0/s1. The molecule has 1 aromatic carbocycles. The van der Waals surface area contributed by atoms with Crippen LogP contribution in [0.25, 0.3) is 0 Å². The van der Waals surface area contributed by atoms with Gasteiger partial charge in [0, 0.05) is 16.4 Å². The zero-order chi connectivity index (χ0) is 21.3. The van der Waals surface area contributed by atoms with Crippen LogP contribution in [-0.2, 0) is 9.59 Å². The lowest BCUT2D eigenvalue weighted by Crippen LogP contribution is -2.57. The van der Waals surface area contributed by atoms with Crippen LogP contribution >= 0.6 is 23.5 Å². The Morgan fingerprint density at radius 3 is 2.59 bits per heavy atom. The predicted molar refractivity (Wildman–Crippen MR) is 119 cm³/mol. The van der Waals surface area contributed by atoms with Crippen LogP contribution in [0.4, 0.5) is 0 Å². The summed E-state index contributed by atoms with van der Waals surface area (Å²) in [5, 5.41) is 5.66. The van der Waals surface area contributed by atoms with Crippen molar-refractivity contribution in [1.29, 1.82) is 0 Å². The minimum Gasteiger partial charge on any atom is -0.352 e. The second-order valence-electron chi connectivity index (χ2n) is 8.28. The van der Waals surface area contributed by atoms with Crippen molar-refractivity contribution in [3.8, 4) is 0 Å². The molecule has 6 nitrogen and oxygen atoms in total. The maximum Gasteiger partial charge on any atom is 0.256 e. The molecule has 0 saturated carbocycles. The van der Waals surface area contributed by atoms with Gasteiger partial charge in [-0.05, 0) is 57.8 Å². The third-order valence-electron chi connectivity index (χ3n) is 5.22. The van der Waals surface area contributed by atoms with E-state index in [1.54, 1.807) is 28.4 Å². The van der Waals surface area contributed by atoms with Gasteiger partial charge in [0.15, 0.2) is 0 Å². The summed E-state index contributed by atoms with van der Waals surface area (Å²) in [5.41, 5.74) is 1.62. The highest BCUT2D eigenvalue weighted by Gasteiger charge is 2.57. The van der Waals surface area contributed by atoms with E-state index >= 15 is 0 Å². The topological polar surface area (TPSA) is 78.5 Å². The fourth-order valence-corrected chi connectivity index (χ4v) is 6.00. The molecule has 3 amide bonds. The van der Waals surface area contributed by atoms with E-state index in [-0.39, 0.29) is 29.1 Å². The van der Waals surface area contributed by atoms with Gasteiger partial charge in [0.05, 0.1) is 0 Å². The van der Waals surface area contributed by atoms with Crippen molar-refractivity contribution in [2.24, 2.45) is 0 Å². The van der Waals surface area contributed by atoms with E-state index < -0.39 is 16.8 Å². The number of carbonyl (C=O) groups is 3. The van der Waals surface area contributed by atoms with Crippen molar-refractivity contribution >= 4 is 41.2 Å². The van der Waals surface area contributed by atoms with Crippen LogP contribution in [0.1, 0.15) is 55.4 Å². The third kappa shape index (κ3) is 4.28. The molecule has 1 aromatic rings. The molecule has 0 unspecified atom stereocenters. The molecule has 8 heteroatoms. The Balaban J connectivity index is 1.83. The summed E-state index contributed by atoms with van der Waals surface area (Å²) in [7, 11) is 0. The molecule has 1 fully saturated rings. The lowest BCUT2D eigenvalue weighted by molar-refractivity contribution is -0.132. The van der Waals surface area contributed by atoms with Crippen molar-refractivity contribution in [1.82, 2.24) is 15.5 Å². The predicted octanol–water partition coefficient (Wildman–Crippen LogP) is 2.80. The Morgan fingerprint density at radius 1 is 1.24 bits per heavy atom. The van der Waals surface area contributed by atoms with Crippen molar-refractivity contribution in [2.75, 3.05) is 12.0 Å². The zero-order valence-corrected chi connectivity index (χ0v) is 19.2. The fraction of sp³-hybridized carbons (Fsp3) is 0.571. The van der Waals surface area contributed by atoms with Gasteiger partial charge in [-0.2, -0.15) is 11.8 Å². The molecule has 1 saturated heterocycles. The molecule has 29 heavy (non-hydrogen) atoms. The van der Waals surface area contributed by atoms with Crippen LogP contribution in [0, 0.1) is 0 Å². The number of benzene rings is 1. The molecule has 2 N–H and O–H groups in total. The molecule has 2 aliphatic heterocycles. The molecule has 3 atom stereocenters. The largest absolute Gasteiger partial charge is 0.352 e. The van der Waals surface area contributed by atoms with E-state index in [2.05, 4.69) is 10.6 Å². The number of carbonyl (C=O) groups excluding carboxylic acids is 3. The highest BCUT2D eigenvalue weighted by atomic mass is 32.2. The van der Waals surface area contributed by atoms with E-state index in [1.165, 1.54) is 0 Å². The van der Waals surface area contributed by atoms with Crippen LogP contribution in [0.2, 0.25) is 0 Å². The number of nitrogens with zero attached hydrogens (tertiary/aromatic N) is 1. The third-order valence-corrected chi connectivity index (χ3v) is 7.40. The Kier molecular flexibility index (Phi) is 6.53. The molecule has 3 rings (SSSR count). The Labute approximate surface area is 180 Å². The molecule has 0 aromatic heterocycles. The van der Waals surface area contributed by atoms with E-state index in [9.17, 15) is 14.4 Å². The first-order chi connectivity index (χ1) is 13.7. The van der Waals surface area contributed by atoms with Gasteiger partial charge in [-0.1, -0.05) is 18.2 Å². The first kappa shape index (κ1) is 22.0. The minimum absolute atomic E-state index is 0.00584. The van der Waals surface area contributed by atoms with E-state index in [1.807, 2.05) is 58.2 Å². The number of thioether (sulfide) groups is 2. The summed E-state index contributed by atoms with van der Waals surface area (Å²) in [6.07, 6.45) is 2.52. The number of hydrogen-bond acceptors (Lipinski definition) is 5. The number of fused-ring (bicyclic) bond motifs is 3. The average Bonchev–Trinajstić information content (AvgIpc) is 3.08. The molecule has 0 spiro atoms. The lowest BCUT2D eigenvalue weighted by Gasteiger charge is -2.31. The number of hydrogen-bond donors (Lipinski definition) is 2. The van der Waals surface area contributed by atoms with Gasteiger partial charge in [0.25, 0.3) is 5.91 Å². The van der Waals surface area contributed by atoms with Crippen molar-refractivity contribution in [3.05, 3.63) is 35.4 Å². The van der Waals surface area contributed by atoms with Crippen LogP contribution < -0.4 is 10.6 Å². The van der Waals surface area contributed by atoms with Gasteiger partial charge in [0.1, 0.15) is 17.5 Å². The van der Waals surface area contributed by atoms with Gasteiger partial charge in [-0.3, -0.25) is 14.4 Å². The van der Waals surface area contributed by atoms with E-state index in [0.717, 1.165) is 11.3 Å². The minimum atomic E-state index is -0.638. The Morgan fingerprint density at radius 2 is 1.93 bits per heavy atom. The van der Waals surface area contributed by atoms with Crippen LogP contribution in [0.15, 0.2) is 24.3 Å². The lowest BCUT2D eigenvalue weighted by atomic mass is 10.00. The highest BCUT2D eigenvalue weighted by molar-refractivity contribution is 8.01. The monoisotopic (exact) mass is 435 g/mol. The molecule has 2 heterocycles. The van der Waals surface area contributed by atoms with Gasteiger partial charge < -0.3 is 15.5 Å². The zero-order valence-electron chi connectivity index (χ0n) is 17.5. The van der Waals surface area contributed by atoms with Crippen LogP contribution in [-0.4, -0.2) is 57.5 Å². The van der Waals surface area contributed by atoms with E-state index in [4.69, 9.17) is 0 Å². The highest BCUT2D eigenvalue weighted by Crippen LogP contribution is 2.56.